The van der Waals surface area contributed by atoms with Crippen LogP contribution in [0.25, 0.3) is 0 Å². The number of furan rings is 2. The maximum atomic E-state index is 10.5. The van der Waals surface area contributed by atoms with Crippen molar-refractivity contribution in [1.82, 2.24) is 10.6 Å². The van der Waals surface area contributed by atoms with Gasteiger partial charge in [-0.25, -0.2) is 4.99 Å². The van der Waals surface area contributed by atoms with E-state index in [1.807, 2.05) is 12.1 Å². The SMILES string of the molecule is COCCNC(=NCC(C)(O)c1ccco1)NCCc1ccco1. The Labute approximate surface area is 141 Å². The Balaban J connectivity index is 1.90. The van der Waals surface area contributed by atoms with Crippen LogP contribution < -0.4 is 10.6 Å². The third kappa shape index (κ3) is 5.75. The van der Waals surface area contributed by atoms with Crippen molar-refractivity contribution in [3.05, 3.63) is 48.3 Å². The zero-order valence-corrected chi connectivity index (χ0v) is 14.1. The fourth-order valence-corrected chi connectivity index (χ4v) is 2.10. The monoisotopic (exact) mass is 335 g/mol. The van der Waals surface area contributed by atoms with Gasteiger partial charge in [0.1, 0.15) is 17.1 Å². The molecule has 0 aliphatic heterocycles. The lowest BCUT2D eigenvalue weighted by atomic mass is 10.0. The molecule has 2 heterocycles. The van der Waals surface area contributed by atoms with E-state index < -0.39 is 5.60 Å². The molecule has 1 unspecified atom stereocenters. The number of rotatable bonds is 9. The van der Waals surface area contributed by atoms with Crippen LogP contribution in [0.15, 0.2) is 50.6 Å². The van der Waals surface area contributed by atoms with E-state index >= 15 is 0 Å². The number of guanidine groups is 1. The Morgan fingerprint density at radius 1 is 1.21 bits per heavy atom. The van der Waals surface area contributed by atoms with E-state index in [0.717, 1.165) is 12.2 Å². The number of hydrogen-bond donors (Lipinski definition) is 3. The summed E-state index contributed by atoms with van der Waals surface area (Å²) in [6.07, 6.45) is 3.93. The molecule has 7 nitrogen and oxygen atoms in total. The Bertz CT molecular complexity index is 591. The van der Waals surface area contributed by atoms with Gasteiger partial charge in [-0.1, -0.05) is 0 Å². The molecule has 0 fully saturated rings. The number of hydrogen-bond acceptors (Lipinski definition) is 5. The number of methoxy groups -OCH3 is 1. The molecule has 0 saturated carbocycles. The summed E-state index contributed by atoms with van der Waals surface area (Å²) in [5.41, 5.74) is -1.17. The maximum Gasteiger partial charge on any atom is 0.191 e. The molecule has 0 radical (unpaired) electrons. The van der Waals surface area contributed by atoms with Crippen molar-refractivity contribution in [3.8, 4) is 0 Å². The van der Waals surface area contributed by atoms with Gasteiger partial charge in [0.05, 0.1) is 25.7 Å². The molecule has 0 aromatic carbocycles. The second kappa shape index (κ2) is 9.14. The first-order chi connectivity index (χ1) is 11.6. The summed E-state index contributed by atoms with van der Waals surface area (Å²) in [6.45, 7) is 3.68. The van der Waals surface area contributed by atoms with Crippen LogP contribution in [-0.2, 0) is 16.8 Å². The van der Waals surface area contributed by atoms with Crippen LogP contribution in [-0.4, -0.2) is 44.4 Å². The van der Waals surface area contributed by atoms with Gasteiger partial charge >= 0.3 is 0 Å². The summed E-state index contributed by atoms with van der Waals surface area (Å²) < 4.78 is 15.6. The highest BCUT2D eigenvalue weighted by Crippen LogP contribution is 2.20. The average Bonchev–Trinajstić information content (AvgIpc) is 3.26. The number of ether oxygens (including phenoxy) is 1. The van der Waals surface area contributed by atoms with E-state index in [1.165, 1.54) is 6.26 Å². The molecule has 2 rings (SSSR count). The van der Waals surface area contributed by atoms with E-state index in [-0.39, 0.29) is 6.54 Å². The normalized spacial score (nSPS) is 14.4. The minimum Gasteiger partial charge on any atom is -0.469 e. The minimum absolute atomic E-state index is 0.170. The zero-order chi connectivity index (χ0) is 17.3. The van der Waals surface area contributed by atoms with Crippen molar-refractivity contribution >= 4 is 5.96 Å². The molecule has 2 aromatic heterocycles. The molecule has 1 atom stereocenters. The molecule has 132 valence electrons. The van der Waals surface area contributed by atoms with Crippen molar-refractivity contribution in [2.45, 2.75) is 18.9 Å². The topological polar surface area (TPSA) is 92.2 Å². The smallest absolute Gasteiger partial charge is 0.191 e. The van der Waals surface area contributed by atoms with Gasteiger partial charge in [-0.3, -0.25) is 0 Å². The van der Waals surface area contributed by atoms with Gasteiger partial charge in [0.25, 0.3) is 0 Å². The fourth-order valence-electron chi connectivity index (χ4n) is 2.10. The molecule has 0 saturated heterocycles. The highest BCUT2D eigenvalue weighted by molar-refractivity contribution is 5.79. The molecule has 0 spiro atoms. The third-order valence-corrected chi connectivity index (χ3v) is 3.44. The first-order valence-electron chi connectivity index (χ1n) is 7.91. The van der Waals surface area contributed by atoms with Crippen molar-refractivity contribution in [2.75, 3.05) is 33.4 Å². The maximum absolute atomic E-state index is 10.5. The fraction of sp³-hybridized carbons (Fsp3) is 0.471. The Morgan fingerprint density at radius 2 is 1.96 bits per heavy atom. The van der Waals surface area contributed by atoms with Gasteiger partial charge in [-0.2, -0.15) is 0 Å². The van der Waals surface area contributed by atoms with Crippen LogP contribution in [0, 0.1) is 0 Å². The molecular weight excluding hydrogens is 310 g/mol. The van der Waals surface area contributed by atoms with Gasteiger partial charge < -0.3 is 29.3 Å². The lowest BCUT2D eigenvalue weighted by molar-refractivity contribution is 0.0437. The van der Waals surface area contributed by atoms with Crippen molar-refractivity contribution in [2.24, 2.45) is 4.99 Å². The summed E-state index contributed by atoms with van der Waals surface area (Å²) in [4.78, 5) is 4.44. The lowest BCUT2D eigenvalue weighted by Crippen LogP contribution is -2.41. The quantitative estimate of drug-likeness (QED) is 0.365. The van der Waals surface area contributed by atoms with Gasteiger partial charge in [-0.15, -0.1) is 0 Å². The molecule has 24 heavy (non-hydrogen) atoms. The van der Waals surface area contributed by atoms with E-state index in [2.05, 4.69) is 15.6 Å². The van der Waals surface area contributed by atoms with E-state index in [4.69, 9.17) is 13.6 Å². The van der Waals surface area contributed by atoms with Crippen molar-refractivity contribution < 1.29 is 18.7 Å². The van der Waals surface area contributed by atoms with Crippen molar-refractivity contribution in [3.63, 3.8) is 0 Å². The third-order valence-electron chi connectivity index (χ3n) is 3.44. The summed E-state index contributed by atoms with van der Waals surface area (Å²) in [5, 5.41) is 16.9. The first kappa shape index (κ1) is 18.1. The average molecular weight is 335 g/mol. The number of aliphatic imine (C=N–C) groups is 1. The predicted molar refractivity (Wildman–Crippen MR) is 90.9 cm³/mol. The van der Waals surface area contributed by atoms with Gasteiger partial charge in [0.2, 0.25) is 0 Å². The van der Waals surface area contributed by atoms with Gasteiger partial charge in [-0.05, 0) is 31.2 Å². The lowest BCUT2D eigenvalue weighted by Gasteiger charge is -2.19. The van der Waals surface area contributed by atoms with E-state index in [9.17, 15) is 5.11 Å². The zero-order valence-electron chi connectivity index (χ0n) is 14.1. The van der Waals surface area contributed by atoms with Crippen LogP contribution in [0.1, 0.15) is 18.4 Å². The van der Waals surface area contributed by atoms with Crippen LogP contribution in [0.2, 0.25) is 0 Å². The standard InChI is InChI=1S/C17H25N3O4/c1-17(21,15-6-4-11-24-15)13-20-16(19-9-12-22-2)18-8-7-14-5-3-10-23-14/h3-6,10-11,21H,7-9,12-13H2,1-2H3,(H2,18,19,20). The van der Waals surface area contributed by atoms with E-state index in [0.29, 0.717) is 31.4 Å². The Morgan fingerprint density at radius 3 is 2.62 bits per heavy atom. The molecule has 0 bridgehead atoms. The molecular formula is C17H25N3O4. The largest absolute Gasteiger partial charge is 0.469 e. The number of nitrogens with one attached hydrogen (secondary N) is 2. The van der Waals surface area contributed by atoms with Crippen molar-refractivity contribution in [1.29, 1.82) is 0 Å². The molecule has 7 heteroatoms. The molecule has 0 amide bonds. The summed E-state index contributed by atoms with van der Waals surface area (Å²) in [6, 6.07) is 7.27. The van der Waals surface area contributed by atoms with Crippen LogP contribution in [0.3, 0.4) is 0 Å². The Kier molecular flexibility index (Phi) is 6.89. The number of nitrogens with zero attached hydrogens (tertiary/aromatic N) is 1. The van der Waals surface area contributed by atoms with Crippen LogP contribution >= 0.6 is 0 Å². The van der Waals surface area contributed by atoms with Crippen LogP contribution in [0.4, 0.5) is 0 Å². The first-order valence-corrected chi connectivity index (χ1v) is 7.91. The summed E-state index contributed by atoms with van der Waals surface area (Å²) >= 11 is 0. The van der Waals surface area contributed by atoms with Gasteiger partial charge in [0, 0.05) is 26.6 Å². The second-order valence-electron chi connectivity index (χ2n) is 5.59. The van der Waals surface area contributed by atoms with Gasteiger partial charge in [0.15, 0.2) is 5.96 Å². The Hall–Kier alpha value is -2.25. The highest BCUT2D eigenvalue weighted by Gasteiger charge is 2.26. The number of aliphatic hydroxyl groups is 1. The summed E-state index contributed by atoms with van der Waals surface area (Å²) in [5.74, 6) is 1.99. The molecule has 2 aromatic rings. The van der Waals surface area contributed by atoms with Crippen LogP contribution in [0.5, 0.6) is 0 Å². The molecule has 0 aliphatic rings. The second-order valence-corrected chi connectivity index (χ2v) is 5.59. The molecule has 0 aliphatic carbocycles. The predicted octanol–water partition coefficient (Wildman–Crippen LogP) is 1.50. The molecule has 3 N–H and O–H groups in total. The summed E-state index contributed by atoms with van der Waals surface area (Å²) in [7, 11) is 1.64. The minimum atomic E-state index is -1.17. The highest BCUT2D eigenvalue weighted by atomic mass is 16.5. The van der Waals surface area contributed by atoms with E-state index in [1.54, 1.807) is 32.4 Å².